The summed E-state index contributed by atoms with van der Waals surface area (Å²) in [6.07, 6.45) is 1.85. The molecule has 0 saturated heterocycles. The van der Waals surface area contributed by atoms with Gasteiger partial charge in [0.25, 0.3) is 0 Å². The number of aromatic nitrogens is 1. The first-order valence-electron chi connectivity index (χ1n) is 5.89. The van der Waals surface area contributed by atoms with Crippen LogP contribution in [0.3, 0.4) is 0 Å². The van der Waals surface area contributed by atoms with Gasteiger partial charge in [-0.05, 0) is 18.2 Å². The van der Waals surface area contributed by atoms with E-state index < -0.39 is 12.1 Å². The molecule has 0 radical (unpaired) electrons. The molecule has 0 spiro atoms. The second-order valence-electron chi connectivity index (χ2n) is 4.03. The van der Waals surface area contributed by atoms with Crippen LogP contribution in [0.4, 0.5) is 10.5 Å². The fourth-order valence-electron chi connectivity index (χ4n) is 1.73. The van der Waals surface area contributed by atoms with Crippen LogP contribution in [0.25, 0.3) is 10.9 Å². The number of carboxylic acids is 1. The van der Waals surface area contributed by atoms with Crippen LogP contribution in [0, 0.1) is 0 Å². The summed E-state index contributed by atoms with van der Waals surface area (Å²) in [5.41, 5.74) is 0.584. The summed E-state index contributed by atoms with van der Waals surface area (Å²) < 4.78 is 5.55. The maximum Gasteiger partial charge on any atom is 0.411 e. The molecule has 0 aliphatic heterocycles. The number of hydrogen-bond acceptors (Lipinski definition) is 4. The average Bonchev–Trinajstić information content (AvgIpc) is 2.45. The number of nitrogens with one attached hydrogen (secondary N) is 1. The van der Waals surface area contributed by atoms with E-state index in [-0.39, 0.29) is 17.9 Å². The summed E-state index contributed by atoms with van der Waals surface area (Å²) in [4.78, 5) is 27.0. The van der Waals surface area contributed by atoms with E-state index in [0.717, 1.165) is 4.47 Å². The van der Waals surface area contributed by atoms with E-state index in [1.165, 1.54) is 12.3 Å². The molecule has 2 aromatic rings. The number of carboxylic acid groups (broad SMARTS) is 1. The number of ether oxygens (including phenoxy) is 1. The van der Waals surface area contributed by atoms with Gasteiger partial charge in [0.05, 0.1) is 11.2 Å². The van der Waals surface area contributed by atoms with Gasteiger partial charge in [0.1, 0.15) is 12.2 Å². The highest BCUT2D eigenvalue weighted by molar-refractivity contribution is 9.10. The Morgan fingerprint density at radius 3 is 2.90 bits per heavy atom. The second-order valence-corrected chi connectivity index (χ2v) is 4.94. The minimum absolute atomic E-state index is 0.0287. The summed E-state index contributed by atoms with van der Waals surface area (Å²) >= 11 is 3.30. The van der Waals surface area contributed by atoms with Crippen LogP contribution in [0.1, 0.15) is 10.4 Å². The largest absolute Gasteiger partial charge is 0.478 e. The molecule has 108 valence electrons. The van der Waals surface area contributed by atoms with E-state index in [1.807, 2.05) is 0 Å². The van der Waals surface area contributed by atoms with Crippen molar-refractivity contribution in [3.63, 3.8) is 0 Å². The van der Waals surface area contributed by atoms with Crippen LogP contribution >= 0.6 is 15.9 Å². The fraction of sp³-hybridized carbons (Fsp3) is 0.0714. The first-order chi connectivity index (χ1) is 10.0. The third-order valence-corrected chi connectivity index (χ3v) is 3.11. The number of rotatable bonds is 4. The zero-order chi connectivity index (χ0) is 15.4. The lowest BCUT2D eigenvalue weighted by Crippen LogP contribution is -2.16. The quantitative estimate of drug-likeness (QED) is 0.824. The van der Waals surface area contributed by atoms with Crippen molar-refractivity contribution in [2.75, 3.05) is 11.9 Å². The number of benzene rings is 1. The van der Waals surface area contributed by atoms with Gasteiger partial charge in [-0.1, -0.05) is 28.6 Å². The highest BCUT2D eigenvalue weighted by Crippen LogP contribution is 2.28. The summed E-state index contributed by atoms with van der Waals surface area (Å²) in [7, 11) is 0. The van der Waals surface area contributed by atoms with Crippen LogP contribution in [0.5, 0.6) is 0 Å². The number of carbonyl (C=O) groups is 2. The van der Waals surface area contributed by atoms with Gasteiger partial charge in [-0.3, -0.25) is 10.3 Å². The average molecular weight is 351 g/mol. The first kappa shape index (κ1) is 15.0. The molecule has 0 bridgehead atoms. The number of aromatic carboxylic acids is 1. The number of carbonyl (C=O) groups excluding carboxylic acids is 1. The van der Waals surface area contributed by atoms with Crippen LogP contribution in [0.2, 0.25) is 0 Å². The number of fused-ring (bicyclic) bond motifs is 1. The number of pyridine rings is 1. The predicted molar refractivity (Wildman–Crippen MR) is 81.6 cm³/mol. The molecule has 6 nitrogen and oxygen atoms in total. The minimum Gasteiger partial charge on any atom is -0.478 e. The van der Waals surface area contributed by atoms with E-state index in [2.05, 4.69) is 32.8 Å². The Kier molecular flexibility index (Phi) is 4.54. The molecule has 0 atom stereocenters. The van der Waals surface area contributed by atoms with E-state index in [0.29, 0.717) is 10.9 Å². The van der Waals surface area contributed by atoms with Crippen molar-refractivity contribution in [1.82, 2.24) is 4.98 Å². The lowest BCUT2D eigenvalue weighted by Gasteiger charge is -2.11. The van der Waals surface area contributed by atoms with Crippen molar-refractivity contribution >= 4 is 44.6 Å². The number of hydrogen-bond donors (Lipinski definition) is 2. The topological polar surface area (TPSA) is 88.5 Å². The molecule has 0 unspecified atom stereocenters. The molecule has 0 fully saturated rings. The highest BCUT2D eigenvalue weighted by atomic mass is 79.9. The van der Waals surface area contributed by atoms with Crippen molar-refractivity contribution in [2.45, 2.75) is 0 Å². The summed E-state index contributed by atoms with van der Waals surface area (Å²) in [5, 5.41) is 12.2. The monoisotopic (exact) mass is 350 g/mol. The smallest absolute Gasteiger partial charge is 0.411 e. The number of halogens is 1. The van der Waals surface area contributed by atoms with Crippen molar-refractivity contribution in [1.29, 1.82) is 0 Å². The van der Waals surface area contributed by atoms with Gasteiger partial charge in [0, 0.05) is 16.1 Å². The van der Waals surface area contributed by atoms with Crippen LogP contribution in [-0.4, -0.2) is 28.8 Å². The fourth-order valence-corrected chi connectivity index (χ4v) is 2.10. The van der Waals surface area contributed by atoms with E-state index in [9.17, 15) is 14.7 Å². The molecular formula is C14H11BrN2O4. The zero-order valence-electron chi connectivity index (χ0n) is 10.8. The van der Waals surface area contributed by atoms with Crippen molar-refractivity contribution < 1.29 is 19.4 Å². The molecule has 1 heterocycles. The molecule has 7 heteroatoms. The molecule has 0 aliphatic rings. The first-order valence-corrected chi connectivity index (χ1v) is 6.68. The maximum atomic E-state index is 11.7. The van der Waals surface area contributed by atoms with E-state index in [1.54, 1.807) is 18.2 Å². The Morgan fingerprint density at radius 2 is 2.24 bits per heavy atom. The van der Waals surface area contributed by atoms with Gasteiger partial charge >= 0.3 is 12.1 Å². The molecule has 1 aromatic carbocycles. The predicted octanol–water partition coefficient (Wildman–Crippen LogP) is 3.43. The van der Waals surface area contributed by atoms with Crippen LogP contribution < -0.4 is 5.32 Å². The van der Waals surface area contributed by atoms with Gasteiger partial charge in [0.15, 0.2) is 0 Å². The molecule has 0 aliphatic carbocycles. The Hall–Kier alpha value is -2.41. The van der Waals surface area contributed by atoms with Gasteiger partial charge in [-0.25, -0.2) is 9.59 Å². The second kappa shape index (κ2) is 6.36. The molecule has 2 rings (SSSR count). The molecule has 2 N–H and O–H groups in total. The molecule has 0 saturated carbocycles. The Morgan fingerprint density at radius 1 is 1.48 bits per heavy atom. The van der Waals surface area contributed by atoms with Gasteiger partial charge in [0.2, 0.25) is 0 Å². The van der Waals surface area contributed by atoms with Gasteiger partial charge < -0.3 is 9.84 Å². The normalized spacial score (nSPS) is 10.1. The van der Waals surface area contributed by atoms with Crippen molar-refractivity contribution in [2.24, 2.45) is 0 Å². The van der Waals surface area contributed by atoms with Gasteiger partial charge in [-0.15, -0.1) is 0 Å². The zero-order valence-corrected chi connectivity index (χ0v) is 12.4. The lowest BCUT2D eigenvalue weighted by atomic mass is 10.1. The Bertz CT molecular complexity index is 730. The number of anilines is 1. The minimum atomic E-state index is -1.19. The summed E-state index contributed by atoms with van der Waals surface area (Å²) in [5.74, 6) is -1.19. The van der Waals surface area contributed by atoms with Crippen LogP contribution in [0.15, 0.2) is 41.5 Å². The highest BCUT2D eigenvalue weighted by Gasteiger charge is 2.17. The summed E-state index contributed by atoms with van der Waals surface area (Å²) in [6.45, 7) is 3.46. The third-order valence-electron chi connectivity index (χ3n) is 2.62. The number of nitrogens with zero attached hydrogens (tertiary/aromatic N) is 1. The Balaban J connectivity index is 2.53. The van der Waals surface area contributed by atoms with E-state index in [4.69, 9.17) is 4.74 Å². The van der Waals surface area contributed by atoms with Gasteiger partial charge in [-0.2, -0.15) is 0 Å². The number of amides is 1. The van der Waals surface area contributed by atoms with Crippen molar-refractivity contribution in [3.05, 3.63) is 47.1 Å². The maximum absolute atomic E-state index is 11.7. The standard InChI is InChI=1S/C14H11BrN2O4/c1-2-5-21-14(20)17-12-9-6-8(15)3-4-11(9)16-7-10(12)13(18)19/h2-4,6-7H,1,5H2,(H,18,19)(H,16,17,20). The third kappa shape index (κ3) is 3.38. The van der Waals surface area contributed by atoms with Crippen LogP contribution in [-0.2, 0) is 4.74 Å². The summed E-state index contributed by atoms with van der Waals surface area (Å²) in [6, 6.07) is 5.17. The molecule has 1 aromatic heterocycles. The SMILES string of the molecule is C=CCOC(=O)Nc1c(C(=O)O)cnc2ccc(Br)cc12. The molecule has 1 amide bonds. The molecular weight excluding hydrogens is 340 g/mol. The molecule has 21 heavy (non-hydrogen) atoms. The lowest BCUT2D eigenvalue weighted by molar-refractivity contribution is 0.0698. The van der Waals surface area contributed by atoms with E-state index >= 15 is 0 Å². The Labute approximate surface area is 128 Å². The van der Waals surface area contributed by atoms with Crippen molar-refractivity contribution in [3.8, 4) is 0 Å².